The van der Waals surface area contributed by atoms with Crippen LogP contribution in [0.3, 0.4) is 0 Å². The van der Waals surface area contributed by atoms with Crippen molar-refractivity contribution in [2.24, 2.45) is 11.7 Å². The molecule has 2 atom stereocenters. The Kier molecular flexibility index (Phi) is 7.26. The van der Waals surface area contributed by atoms with Gasteiger partial charge in [-0.2, -0.15) is 0 Å². The summed E-state index contributed by atoms with van der Waals surface area (Å²) in [5, 5.41) is 0. The van der Waals surface area contributed by atoms with E-state index in [0.717, 1.165) is 32.2 Å². The highest BCUT2D eigenvalue weighted by Gasteiger charge is 2.29. The molecule has 0 spiro atoms. The number of nitrogens with two attached hydrogens (primary N) is 1. The summed E-state index contributed by atoms with van der Waals surface area (Å²) >= 11 is 0. The maximum atomic E-state index is 12.6. The van der Waals surface area contributed by atoms with Crippen molar-refractivity contribution in [2.45, 2.75) is 38.1 Å². The average Bonchev–Trinajstić information content (AvgIpc) is 2.87. The van der Waals surface area contributed by atoms with E-state index in [1.807, 2.05) is 40.1 Å². The number of nitrogens with zero attached hydrogens (tertiary/aromatic N) is 2. The minimum atomic E-state index is 0. The van der Waals surface area contributed by atoms with Crippen molar-refractivity contribution < 1.29 is 9.59 Å². The van der Waals surface area contributed by atoms with Crippen LogP contribution < -0.4 is 5.73 Å². The molecule has 6 heteroatoms. The number of hydrogen-bond donors (Lipinski definition) is 1. The quantitative estimate of drug-likeness (QED) is 0.893. The monoisotopic (exact) mass is 365 g/mol. The van der Waals surface area contributed by atoms with Crippen molar-refractivity contribution in [3.63, 3.8) is 0 Å². The van der Waals surface area contributed by atoms with Gasteiger partial charge >= 0.3 is 0 Å². The number of amides is 2. The SMILES string of the molecule is Cl.N[C@@H]1CCC[C@H]1CC(=O)N1CCCN(C(=O)c2ccccc2)CC1. The number of rotatable bonds is 3. The molecule has 1 saturated heterocycles. The second-order valence-electron chi connectivity index (χ2n) is 6.95. The van der Waals surface area contributed by atoms with Crippen LogP contribution in [0.25, 0.3) is 0 Å². The van der Waals surface area contributed by atoms with Gasteiger partial charge < -0.3 is 15.5 Å². The Morgan fingerprint density at radius 1 is 0.960 bits per heavy atom. The maximum Gasteiger partial charge on any atom is 0.253 e. The Balaban J connectivity index is 0.00000225. The summed E-state index contributed by atoms with van der Waals surface area (Å²) in [5.74, 6) is 0.594. The molecule has 1 saturated carbocycles. The summed E-state index contributed by atoms with van der Waals surface area (Å²) < 4.78 is 0. The molecule has 25 heavy (non-hydrogen) atoms. The lowest BCUT2D eigenvalue weighted by atomic mass is 9.99. The topological polar surface area (TPSA) is 66.6 Å². The van der Waals surface area contributed by atoms with Gasteiger partial charge in [0.15, 0.2) is 0 Å². The molecular formula is C19H28ClN3O2. The normalized spacial score (nSPS) is 23.7. The predicted molar refractivity (Wildman–Crippen MR) is 101 cm³/mol. The van der Waals surface area contributed by atoms with Crippen molar-refractivity contribution >= 4 is 24.2 Å². The third-order valence-corrected chi connectivity index (χ3v) is 5.31. The van der Waals surface area contributed by atoms with Crippen LogP contribution in [-0.4, -0.2) is 53.8 Å². The molecule has 1 aliphatic carbocycles. The van der Waals surface area contributed by atoms with E-state index in [1.165, 1.54) is 0 Å². The molecule has 0 unspecified atom stereocenters. The van der Waals surface area contributed by atoms with Gasteiger partial charge in [-0.15, -0.1) is 12.4 Å². The molecule has 2 fully saturated rings. The molecular weight excluding hydrogens is 338 g/mol. The first-order valence-corrected chi connectivity index (χ1v) is 9.03. The van der Waals surface area contributed by atoms with Gasteiger partial charge in [0.25, 0.3) is 5.91 Å². The Hall–Kier alpha value is -1.59. The number of carbonyl (C=O) groups is 2. The van der Waals surface area contributed by atoms with Gasteiger partial charge in [-0.25, -0.2) is 0 Å². The Morgan fingerprint density at radius 3 is 2.32 bits per heavy atom. The van der Waals surface area contributed by atoms with E-state index < -0.39 is 0 Å². The van der Waals surface area contributed by atoms with Gasteiger partial charge in [0.2, 0.25) is 5.91 Å². The van der Waals surface area contributed by atoms with Gasteiger partial charge in [0.1, 0.15) is 0 Å². The van der Waals surface area contributed by atoms with Gasteiger partial charge in [-0.05, 0) is 37.3 Å². The lowest BCUT2D eigenvalue weighted by Gasteiger charge is -2.24. The van der Waals surface area contributed by atoms with Crippen LogP contribution in [0.15, 0.2) is 30.3 Å². The molecule has 3 rings (SSSR count). The van der Waals surface area contributed by atoms with Gasteiger partial charge in [0, 0.05) is 44.2 Å². The summed E-state index contributed by atoms with van der Waals surface area (Å²) in [7, 11) is 0. The van der Waals surface area contributed by atoms with E-state index >= 15 is 0 Å². The van der Waals surface area contributed by atoms with Gasteiger partial charge in [-0.1, -0.05) is 24.6 Å². The molecule has 1 aromatic rings. The number of carbonyl (C=O) groups excluding carboxylic acids is 2. The third kappa shape index (κ3) is 4.95. The zero-order valence-corrected chi connectivity index (χ0v) is 15.4. The zero-order valence-electron chi connectivity index (χ0n) is 14.6. The van der Waals surface area contributed by atoms with Crippen LogP contribution in [0.1, 0.15) is 42.5 Å². The van der Waals surface area contributed by atoms with E-state index in [9.17, 15) is 9.59 Å². The first kappa shape index (κ1) is 19.7. The maximum absolute atomic E-state index is 12.6. The minimum absolute atomic E-state index is 0. The third-order valence-electron chi connectivity index (χ3n) is 5.31. The van der Waals surface area contributed by atoms with Crippen LogP contribution in [0.5, 0.6) is 0 Å². The molecule has 1 heterocycles. The van der Waals surface area contributed by atoms with Crippen LogP contribution in [0.2, 0.25) is 0 Å². The molecule has 2 N–H and O–H groups in total. The van der Waals surface area contributed by atoms with Crippen molar-refractivity contribution in [1.29, 1.82) is 0 Å². The second kappa shape index (κ2) is 9.20. The van der Waals surface area contributed by atoms with E-state index in [4.69, 9.17) is 5.73 Å². The fraction of sp³-hybridized carbons (Fsp3) is 0.579. The van der Waals surface area contributed by atoms with Crippen molar-refractivity contribution in [1.82, 2.24) is 9.80 Å². The molecule has 1 aliphatic heterocycles. The molecule has 1 aromatic carbocycles. The van der Waals surface area contributed by atoms with Crippen molar-refractivity contribution in [2.75, 3.05) is 26.2 Å². The summed E-state index contributed by atoms with van der Waals surface area (Å²) in [4.78, 5) is 28.9. The Bertz CT molecular complexity index is 581. The highest BCUT2D eigenvalue weighted by molar-refractivity contribution is 5.94. The highest BCUT2D eigenvalue weighted by Crippen LogP contribution is 2.27. The molecule has 0 aromatic heterocycles. The first-order valence-electron chi connectivity index (χ1n) is 9.03. The van der Waals surface area contributed by atoms with E-state index in [-0.39, 0.29) is 30.3 Å². The summed E-state index contributed by atoms with van der Waals surface area (Å²) in [6.45, 7) is 2.68. The first-order chi connectivity index (χ1) is 11.6. The largest absolute Gasteiger partial charge is 0.341 e. The lowest BCUT2D eigenvalue weighted by molar-refractivity contribution is -0.132. The van der Waals surface area contributed by atoms with Crippen molar-refractivity contribution in [3.05, 3.63) is 35.9 Å². The molecule has 0 bridgehead atoms. The molecule has 2 amide bonds. The smallest absolute Gasteiger partial charge is 0.253 e. The van der Waals surface area contributed by atoms with Gasteiger partial charge in [0.05, 0.1) is 0 Å². The number of hydrogen-bond acceptors (Lipinski definition) is 3. The molecule has 0 radical (unpaired) electrons. The summed E-state index contributed by atoms with van der Waals surface area (Å²) in [6.07, 6.45) is 4.64. The minimum Gasteiger partial charge on any atom is -0.341 e. The molecule has 5 nitrogen and oxygen atoms in total. The van der Waals surface area contributed by atoms with E-state index in [0.29, 0.717) is 37.5 Å². The van der Waals surface area contributed by atoms with E-state index in [1.54, 1.807) is 0 Å². The highest BCUT2D eigenvalue weighted by atomic mass is 35.5. The second-order valence-corrected chi connectivity index (χ2v) is 6.95. The fourth-order valence-corrected chi connectivity index (χ4v) is 3.81. The number of halogens is 1. The van der Waals surface area contributed by atoms with Crippen LogP contribution >= 0.6 is 12.4 Å². The predicted octanol–water partition coefficient (Wildman–Crippen LogP) is 2.30. The Labute approximate surface area is 155 Å². The fourth-order valence-electron chi connectivity index (χ4n) is 3.81. The average molecular weight is 366 g/mol. The summed E-state index contributed by atoms with van der Waals surface area (Å²) in [6, 6.07) is 9.54. The van der Waals surface area contributed by atoms with Crippen LogP contribution in [0.4, 0.5) is 0 Å². The molecule has 2 aliphatic rings. The number of benzene rings is 1. The van der Waals surface area contributed by atoms with Crippen LogP contribution in [0, 0.1) is 5.92 Å². The van der Waals surface area contributed by atoms with Gasteiger partial charge in [-0.3, -0.25) is 9.59 Å². The summed E-state index contributed by atoms with van der Waals surface area (Å²) in [5.41, 5.74) is 6.81. The molecule has 138 valence electrons. The van der Waals surface area contributed by atoms with Crippen LogP contribution in [-0.2, 0) is 4.79 Å². The Morgan fingerprint density at radius 2 is 1.64 bits per heavy atom. The van der Waals surface area contributed by atoms with Crippen molar-refractivity contribution in [3.8, 4) is 0 Å². The standard InChI is InChI=1S/C19H27N3O2.ClH/c20-17-9-4-8-16(17)14-18(23)21-10-5-11-22(13-12-21)19(24)15-6-2-1-3-7-15;/h1-3,6-7,16-17H,4-5,8-14,20H2;1H/t16-,17+;/m0./s1. The van der Waals surface area contributed by atoms with E-state index in [2.05, 4.69) is 0 Å². The zero-order chi connectivity index (χ0) is 16.9. The lowest BCUT2D eigenvalue weighted by Crippen LogP contribution is -2.39.